The summed E-state index contributed by atoms with van der Waals surface area (Å²) in [6, 6.07) is 1.88. The Labute approximate surface area is 170 Å². The van der Waals surface area contributed by atoms with Crippen LogP contribution in [-0.4, -0.2) is 25.3 Å². The number of benzene rings is 1. The Kier molecular flexibility index (Phi) is 10.4. The summed E-state index contributed by atoms with van der Waals surface area (Å²) in [6.07, 6.45) is 10.8. The Bertz CT molecular complexity index is 710. The monoisotopic (exact) mass is 388 g/mol. The molecule has 4 nitrogen and oxygen atoms in total. The van der Waals surface area contributed by atoms with Gasteiger partial charge in [-0.1, -0.05) is 43.1 Å². The second-order valence-electron chi connectivity index (χ2n) is 7.46. The number of methoxy groups -OCH3 is 2. The van der Waals surface area contributed by atoms with Gasteiger partial charge in [0.2, 0.25) is 0 Å². The minimum Gasteiger partial charge on any atom is -0.496 e. The summed E-state index contributed by atoms with van der Waals surface area (Å²) < 4.78 is 11.2. The molecule has 1 N–H and O–H groups in total. The van der Waals surface area contributed by atoms with Crippen molar-refractivity contribution in [1.29, 1.82) is 0 Å². The summed E-state index contributed by atoms with van der Waals surface area (Å²) >= 11 is 0. The van der Waals surface area contributed by atoms with E-state index in [1.54, 1.807) is 7.11 Å². The smallest absolute Gasteiger partial charge is 0.339 e. The molecular formula is C24H36O4. The van der Waals surface area contributed by atoms with Crippen LogP contribution in [0.3, 0.4) is 0 Å². The zero-order valence-corrected chi connectivity index (χ0v) is 18.4. The van der Waals surface area contributed by atoms with Crippen molar-refractivity contribution in [2.24, 2.45) is 0 Å². The van der Waals surface area contributed by atoms with E-state index in [-0.39, 0.29) is 5.56 Å². The van der Waals surface area contributed by atoms with Crippen LogP contribution in [0.25, 0.3) is 0 Å². The Morgan fingerprint density at radius 3 is 2.36 bits per heavy atom. The summed E-state index contributed by atoms with van der Waals surface area (Å²) in [4.78, 5) is 12.0. The zero-order chi connectivity index (χ0) is 21.1. The third-order valence-corrected chi connectivity index (χ3v) is 4.86. The highest BCUT2D eigenvalue weighted by molar-refractivity contribution is 5.94. The minimum atomic E-state index is -0.948. The lowest BCUT2D eigenvalue weighted by Crippen LogP contribution is -2.10. The SMILES string of the molecule is CCCCCc1cc(OC)c(C/C=C(/C)CCC=C(C)C)c(OC)c1C(=O)O. The van der Waals surface area contributed by atoms with Crippen molar-refractivity contribution in [3.63, 3.8) is 0 Å². The molecule has 156 valence electrons. The highest BCUT2D eigenvalue weighted by Crippen LogP contribution is 2.37. The van der Waals surface area contributed by atoms with Gasteiger partial charge in [-0.15, -0.1) is 0 Å². The van der Waals surface area contributed by atoms with Crippen LogP contribution < -0.4 is 9.47 Å². The predicted octanol–water partition coefficient (Wildman–Crippen LogP) is 6.37. The lowest BCUT2D eigenvalue weighted by atomic mass is 9.94. The molecule has 0 amide bonds. The van der Waals surface area contributed by atoms with Crippen LogP contribution >= 0.6 is 0 Å². The number of allylic oxidation sites excluding steroid dienone is 4. The molecule has 0 saturated carbocycles. The van der Waals surface area contributed by atoms with Gasteiger partial charge in [0.25, 0.3) is 0 Å². The van der Waals surface area contributed by atoms with E-state index < -0.39 is 5.97 Å². The molecule has 0 bridgehead atoms. The highest BCUT2D eigenvalue weighted by atomic mass is 16.5. The summed E-state index contributed by atoms with van der Waals surface area (Å²) in [5.41, 5.74) is 4.43. The summed E-state index contributed by atoms with van der Waals surface area (Å²) in [5, 5.41) is 9.83. The number of carboxylic acids is 1. The first kappa shape index (κ1) is 23.8. The van der Waals surface area contributed by atoms with Crippen LogP contribution in [0.15, 0.2) is 29.4 Å². The van der Waals surface area contributed by atoms with Gasteiger partial charge < -0.3 is 14.6 Å². The Balaban J connectivity index is 3.24. The number of rotatable bonds is 12. The fraction of sp³-hybridized carbons (Fsp3) is 0.542. The van der Waals surface area contributed by atoms with Crippen molar-refractivity contribution in [2.45, 2.75) is 72.6 Å². The lowest BCUT2D eigenvalue weighted by molar-refractivity contribution is 0.0691. The first-order valence-corrected chi connectivity index (χ1v) is 10.1. The van der Waals surface area contributed by atoms with Gasteiger partial charge in [0, 0.05) is 5.56 Å². The molecule has 0 spiro atoms. The molecule has 1 aromatic carbocycles. The molecule has 0 aliphatic carbocycles. The summed E-state index contributed by atoms with van der Waals surface area (Å²) in [5.74, 6) is 0.171. The standard InChI is InChI=1S/C24H36O4/c1-7-8-9-13-19-16-21(27-5)20(23(28-6)22(19)24(25)26)15-14-18(4)12-10-11-17(2)3/h11,14,16H,7-10,12-13,15H2,1-6H3,(H,25,26)/b18-14-. The topological polar surface area (TPSA) is 55.8 Å². The van der Waals surface area contributed by atoms with Crippen LogP contribution in [0.5, 0.6) is 11.5 Å². The van der Waals surface area contributed by atoms with Crippen LogP contribution in [-0.2, 0) is 12.8 Å². The van der Waals surface area contributed by atoms with Crippen molar-refractivity contribution < 1.29 is 19.4 Å². The van der Waals surface area contributed by atoms with E-state index in [0.717, 1.165) is 43.2 Å². The summed E-state index contributed by atoms with van der Waals surface area (Å²) in [7, 11) is 3.16. The molecule has 0 saturated heterocycles. The maximum Gasteiger partial charge on any atom is 0.339 e. The molecule has 0 aliphatic heterocycles. The Morgan fingerprint density at radius 1 is 1.11 bits per heavy atom. The Hall–Kier alpha value is -2.23. The molecule has 0 aromatic heterocycles. The van der Waals surface area contributed by atoms with E-state index in [4.69, 9.17) is 9.47 Å². The van der Waals surface area contributed by atoms with Gasteiger partial charge in [-0.25, -0.2) is 4.79 Å². The fourth-order valence-electron chi connectivity index (χ4n) is 3.29. The van der Waals surface area contributed by atoms with Gasteiger partial charge in [0.1, 0.15) is 17.1 Å². The normalized spacial score (nSPS) is 11.3. The first-order valence-electron chi connectivity index (χ1n) is 10.1. The van der Waals surface area contributed by atoms with Crippen molar-refractivity contribution in [3.8, 4) is 11.5 Å². The van der Waals surface area contributed by atoms with Crippen molar-refractivity contribution in [1.82, 2.24) is 0 Å². The van der Waals surface area contributed by atoms with E-state index in [1.165, 1.54) is 18.3 Å². The number of carboxylic acid groups (broad SMARTS) is 1. The molecule has 0 fully saturated rings. The molecule has 28 heavy (non-hydrogen) atoms. The molecule has 4 heteroatoms. The van der Waals surface area contributed by atoms with E-state index >= 15 is 0 Å². The maximum absolute atomic E-state index is 12.0. The third-order valence-electron chi connectivity index (χ3n) is 4.86. The van der Waals surface area contributed by atoms with Gasteiger partial charge in [-0.3, -0.25) is 0 Å². The van der Waals surface area contributed by atoms with Gasteiger partial charge in [0.05, 0.1) is 14.2 Å². The average Bonchev–Trinajstić information content (AvgIpc) is 2.65. The van der Waals surface area contributed by atoms with E-state index in [2.05, 4.69) is 39.8 Å². The van der Waals surface area contributed by atoms with E-state index in [0.29, 0.717) is 24.3 Å². The first-order chi connectivity index (χ1) is 13.3. The van der Waals surface area contributed by atoms with Crippen LogP contribution in [0.2, 0.25) is 0 Å². The molecule has 0 atom stereocenters. The largest absolute Gasteiger partial charge is 0.496 e. The van der Waals surface area contributed by atoms with E-state index in [9.17, 15) is 9.90 Å². The molecule has 0 unspecified atom stereocenters. The van der Waals surface area contributed by atoms with E-state index in [1.807, 2.05) is 6.07 Å². The minimum absolute atomic E-state index is 0.269. The Morgan fingerprint density at radius 2 is 1.82 bits per heavy atom. The van der Waals surface area contributed by atoms with Gasteiger partial charge in [-0.05, 0) is 64.5 Å². The highest BCUT2D eigenvalue weighted by Gasteiger charge is 2.23. The van der Waals surface area contributed by atoms with Crippen LogP contribution in [0.1, 0.15) is 81.3 Å². The second kappa shape index (κ2) is 12.3. The molecule has 1 rings (SSSR count). The van der Waals surface area contributed by atoms with Crippen molar-refractivity contribution >= 4 is 5.97 Å². The molecular weight excluding hydrogens is 352 g/mol. The number of unbranched alkanes of at least 4 members (excludes halogenated alkanes) is 2. The average molecular weight is 389 g/mol. The molecule has 0 radical (unpaired) electrons. The molecule has 1 aromatic rings. The maximum atomic E-state index is 12.0. The third kappa shape index (κ3) is 7.06. The van der Waals surface area contributed by atoms with Crippen molar-refractivity contribution in [2.75, 3.05) is 14.2 Å². The zero-order valence-electron chi connectivity index (χ0n) is 18.4. The quantitative estimate of drug-likeness (QED) is 0.334. The lowest BCUT2D eigenvalue weighted by Gasteiger charge is -2.18. The summed E-state index contributed by atoms with van der Waals surface area (Å²) in [6.45, 7) is 8.44. The van der Waals surface area contributed by atoms with Crippen LogP contribution in [0, 0.1) is 0 Å². The van der Waals surface area contributed by atoms with Crippen LogP contribution in [0.4, 0.5) is 0 Å². The number of ether oxygens (including phenoxy) is 2. The second-order valence-corrected chi connectivity index (χ2v) is 7.46. The fourth-order valence-corrected chi connectivity index (χ4v) is 3.29. The predicted molar refractivity (Wildman–Crippen MR) is 116 cm³/mol. The number of aromatic carboxylic acids is 1. The van der Waals surface area contributed by atoms with Gasteiger partial charge in [0.15, 0.2) is 0 Å². The number of hydrogen-bond acceptors (Lipinski definition) is 3. The van der Waals surface area contributed by atoms with Gasteiger partial charge >= 0.3 is 5.97 Å². The van der Waals surface area contributed by atoms with Gasteiger partial charge in [-0.2, -0.15) is 0 Å². The van der Waals surface area contributed by atoms with Crippen molar-refractivity contribution in [3.05, 3.63) is 46.1 Å². The molecule has 0 heterocycles. The number of hydrogen-bond donors (Lipinski definition) is 1. The number of carbonyl (C=O) groups is 1. The molecule has 0 aliphatic rings. The number of aryl methyl sites for hydroxylation is 1.